The first-order chi connectivity index (χ1) is 14.1. The molecular formula is C21H26N2O6S. The average molecular weight is 435 g/mol. The first-order valence-electron chi connectivity index (χ1n) is 9.66. The quantitative estimate of drug-likeness (QED) is 0.404. The van der Waals surface area contributed by atoms with E-state index in [-0.39, 0.29) is 10.6 Å². The molecule has 162 valence electrons. The standard InChI is InChI=1S/C17H22N2O2S.C4H4O4/c1-11(2)18-8-7-13(9-12(18)3)14-10-22-16-6-4-5-15(17(14)16)19(20)21;5-3(6)1-2-4(7)8/h4-6,10-13H,7-9H2,1-3H3;1-2H,(H,5,6)(H,7,8)/b;2-1-. The number of nitro groups is 1. The number of benzene rings is 1. The smallest absolute Gasteiger partial charge is 0.328 e. The summed E-state index contributed by atoms with van der Waals surface area (Å²) in [6.45, 7) is 7.82. The van der Waals surface area contributed by atoms with Crippen LogP contribution in [0.3, 0.4) is 0 Å². The van der Waals surface area contributed by atoms with Gasteiger partial charge in [-0.1, -0.05) is 6.07 Å². The molecule has 3 rings (SSSR count). The Morgan fingerprint density at radius 3 is 2.40 bits per heavy atom. The van der Waals surface area contributed by atoms with Gasteiger partial charge in [0.15, 0.2) is 0 Å². The van der Waals surface area contributed by atoms with Crippen LogP contribution in [-0.4, -0.2) is 50.6 Å². The molecule has 8 nitrogen and oxygen atoms in total. The number of likely N-dealkylation sites (tertiary alicyclic amines) is 1. The molecule has 9 heteroatoms. The maximum Gasteiger partial charge on any atom is 0.328 e. The molecule has 0 amide bonds. The highest BCUT2D eigenvalue weighted by Crippen LogP contribution is 2.42. The SMILES string of the molecule is CC(C)N1CCC(c2csc3cccc([N+](=O)[O-])c23)CC1C.O=C(O)/C=C\C(=O)O. The number of carbonyl (C=O) groups is 2. The highest BCUT2D eigenvalue weighted by atomic mass is 32.1. The van der Waals surface area contributed by atoms with Gasteiger partial charge in [-0.2, -0.15) is 0 Å². The van der Waals surface area contributed by atoms with Gasteiger partial charge in [0, 0.05) is 35.0 Å². The Balaban J connectivity index is 0.000000343. The second-order valence-electron chi connectivity index (χ2n) is 7.51. The molecule has 1 saturated heterocycles. The lowest BCUT2D eigenvalue weighted by Crippen LogP contribution is -2.44. The van der Waals surface area contributed by atoms with E-state index in [0.29, 0.717) is 30.2 Å². The van der Waals surface area contributed by atoms with Gasteiger partial charge in [0.05, 0.1) is 10.3 Å². The summed E-state index contributed by atoms with van der Waals surface area (Å²) in [4.78, 5) is 32.7. The fourth-order valence-electron chi connectivity index (χ4n) is 3.93. The van der Waals surface area contributed by atoms with Crippen LogP contribution in [-0.2, 0) is 9.59 Å². The zero-order valence-electron chi connectivity index (χ0n) is 17.1. The molecule has 0 spiro atoms. The van der Waals surface area contributed by atoms with Crippen LogP contribution in [0.1, 0.15) is 45.1 Å². The lowest BCUT2D eigenvalue weighted by molar-refractivity contribution is -0.383. The van der Waals surface area contributed by atoms with Crippen LogP contribution in [0.25, 0.3) is 10.1 Å². The fraction of sp³-hybridized carbons (Fsp3) is 0.429. The molecule has 1 fully saturated rings. The number of hydrogen-bond acceptors (Lipinski definition) is 6. The number of nitrogens with zero attached hydrogens (tertiary/aromatic N) is 2. The summed E-state index contributed by atoms with van der Waals surface area (Å²) in [5.74, 6) is -2.08. The van der Waals surface area contributed by atoms with Crippen LogP contribution >= 0.6 is 11.3 Å². The van der Waals surface area contributed by atoms with Crippen molar-refractivity contribution < 1.29 is 24.7 Å². The van der Waals surface area contributed by atoms with Gasteiger partial charge in [-0.3, -0.25) is 15.0 Å². The third-order valence-electron chi connectivity index (χ3n) is 5.20. The summed E-state index contributed by atoms with van der Waals surface area (Å²) in [6, 6.07) is 6.49. The highest BCUT2D eigenvalue weighted by molar-refractivity contribution is 7.17. The zero-order chi connectivity index (χ0) is 22.4. The van der Waals surface area contributed by atoms with Crippen molar-refractivity contribution in [1.82, 2.24) is 4.90 Å². The lowest BCUT2D eigenvalue weighted by atomic mass is 9.85. The topological polar surface area (TPSA) is 121 Å². The summed E-state index contributed by atoms with van der Waals surface area (Å²) in [5, 5.41) is 30.0. The number of aliphatic carboxylic acids is 2. The maximum absolute atomic E-state index is 11.4. The summed E-state index contributed by atoms with van der Waals surface area (Å²) in [5.41, 5.74) is 1.44. The van der Waals surface area contributed by atoms with Crippen molar-refractivity contribution in [2.75, 3.05) is 6.54 Å². The maximum atomic E-state index is 11.4. The van der Waals surface area contributed by atoms with Crippen LogP contribution in [0.4, 0.5) is 5.69 Å². The van der Waals surface area contributed by atoms with E-state index in [2.05, 4.69) is 31.1 Å². The highest BCUT2D eigenvalue weighted by Gasteiger charge is 2.30. The van der Waals surface area contributed by atoms with Crippen molar-refractivity contribution in [3.63, 3.8) is 0 Å². The average Bonchev–Trinajstić information content (AvgIpc) is 3.10. The molecule has 30 heavy (non-hydrogen) atoms. The fourth-order valence-corrected chi connectivity index (χ4v) is 4.99. The Morgan fingerprint density at radius 1 is 1.27 bits per heavy atom. The van der Waals surface area contributed by atoms with E-state index in [1.807, 2.05) is 6.07 Å². The second-order valence-corrected chi connectivity index (χ2v) is 8.42. The Morgan fingerprint density at radius 2 is 1.90 bits per heavy atom. The Labute approximate surface area is 178 Å². The molecule has 0 saturated carbocycles. The molecular weight excluding hydrogens is 408 g/mol. The van der Waals surface area contributed by atoms with E-state index in [4.69, 9.17) is 10.2 Å². The van der Waals surface area contributed by atoms with Gasteiger partial charge in [-0.15, -0.1) is 11.3 Å². The van der Waals surface area contributed by atoms with Gasteiger partial charge in [-0.05, 0) is 63.1 Å². The number of carboxylic acid groups (broad SMARTS) is 2. The van der Waals surface area contributed by atoms with Crippen LogP contribution in [0, 0.1) is 10.1 Å². The third kappa shape index (κ3) is 5.87. The number of thiophene rings is 1. The number of carboxylic acids is 2. The van der Waals surface area contributed by atoms with Crippen molar-refractivity contribution in [3.8, 4) is 0 Å². The van der Waals surface area contributed by atoms with E-state index in [1.165, 1.54) is 5.56 Å². The van der Waals surface area contributed by atoms with Crippen LogP contribution < -0.4 is 0 Å². The van der Waals surface area contributed by atoms with Gasteiger partial charge >= 0.3 is 11.9 Å². The predicted molar refractivity (Wildman–Crippen MR) is 116 cm³/mol. The van der Waals surface area contributed by atoms with Crippen LogP contribution in [0.15, 0.2) is 35.7 Å². The van der Waals surface area contributed by atoms with E-state index in [1.54, 1.807) is 23.5 Å². The van der Waals surface area contributed by atoms with E-state index in [0.717, 1.165) is 29.5 Å². The van der Waals surface area contributed by atoms with E-state index in [9.17, 15) is 19.7 Å². The van der Waals surface area contributed by atoms with Gasteiger partial charge in [0.25, 0.3) is 5.69 Å². The zero-order valence-corrected chi connectivity index (χ0v) is 18.0. The molecule has 1 aromatic carbocycles. The van der Waals surface area contributed by atoms with Gasteiger partial charge in [0.1, 0.15) is 0 Å². The second kappa shape index (κ2) is 10.3. The minimum Gasteiger partial charge on any atom is -0.478 e. The normalized spacial score (nSPS) is 19.6. The predicted octanol–water partition coefficient (Wildman–Crippen LogP) is 4.50. The number of fused-ring (bicyclic) bond motifs is 1. The van der Waals surface area contributed by atoms with Gasteiger partial charge < -0.3 is 10.2 Å². The summed E-state index contributed by atoms with van der Waals surface area (Å²) in [6.07, 6.45) is 3.28. The molecule has 1 aromatic heterocycles. The molecule has 2 atom stereocenters. The Bertz CT molecular complexity index is 936. The summed E-state index contributed by atoms with van der Waals surface area (Å²) < 4.78 is 1.03. The molecule has 2 heterocycles. The van der Waals surface area contributed by atoms with Crippen molar-refractivity contribution in [1.29, 1.82) is 0 Å². The molecule has 0 bridgehead atoms. The number of hydrogen-bond donors (Lipinski definition) is 2. The van der Waals surface area contributed by atoms with Crippen molar-refractivity contribution in [3.05, 3.63) is 51.4 Å². The van der Waals surface area contributed by atoms with E-state index >= 15 is 0 Å². The molecule has 2 unspecified atom stereocenters. The van der Waals surface area contributed by atoms with Gasteiger partial charge in [-0.25, -0.2) is 9.59 Å². The Hall–Kier alpha value is -2.78. The number of non-ortho nitro benzene ring substituents is 1. The monoisotopic (exact) mass is 434 g/mol. The van der Waals surface area contributed by atoms with Crippen LogP contribution in [0.2, 0.25) is 0 Å². The lowest BCUT2D eigenvalue weighted by Gasteiger charge is -2.40. The minimum absolute atomic E-state index is 0.245. The summed E-state index contributed by atoms with van der Waals surface area (Å²) in [7, 11) is 0. The number of nitro benzene ring substituents is 1. The molecule has 2 N–H and O–H groups in total. The minimum atomic E-state index is -1.26. The van der Waals surface area contributed by atoms with Crippen molar-refractivity contribution >= 4 is 39.0 Å². The van der Waals surface area contributed by atoms with E-state index < -0.39 is 11.9 Å². The molecule has 0 aliphatic carbocycles. The molecule has 2 aromatic rings. The number of piperidine rings is 1. The first-order valence-corrected chi connectivity index (χ1v) is 10.5. The number of rotatable bonds is 5. The molecule has 1 aliphatic rings. The van der Waals surface area contributed by atoms with Gasteiger partial charge in [0.2, 0.25) is 0 Å². The summed E-state index contributed by atoms with van der Waals surface area (Å²) >= 11 is 1.63. The van der Waals surface area contributed by atoms with Crippen molar-refractivity contribution in [2.24, 2.45) is 0 Å². The first kappa shape index (κ1) is 23.5. The largest absolute Gasteiger partial charge is 0.478 e. The van der Waals surface area contributed by atoms with Crippen LogP contribution in [0.5, 0.6) is 0 Å². The third-order valence-corrected chi connectivity index (χ3v) is 6.17. The molecule has 0 radical (unpaired) electrons. The molecule has 1 aliphatic heterocycles. The van der Waals surface area contributed by atoms with Crippen molar-refractivity contribution in [2.45, 2.75) is 51.6 Å². The Kier molecular flexibility index (Phi) is 8.08.